The number of fused-ring (bicyclic) bond motifs is 2. The highest BCUT2D eigenvalue weighted by molar-refractivity contribution is 6.07. The SMILES string of the molecule is [C-]#[N+][C@@H]1C[C@@]2(CN1C(=O)[C@H](CC(C)(C)C)N(C)C(=O)[C@H](C)NC(=O)c1ccccc1-c1ccccc1)C(=O)Nc1ccccc12. The van der Waals surface area contributed by atoms with Crippen LogP contribution in [0.25, 0.3) is 16.0 Å². The normalized spacial score (nSPS) is 20.1. The molecule has 0 unspecified atom stereocenters. The number of anilines is 1. The molecule has 0 aliphatic carbocycles. The van der Waals surface area contributed by atoms with Crippen LogP contribution in [0.15, 0.2) is 78.9 Å². The number of likely N-dealkylation sites (tertiary alicyclic amines) is 1. The lowest BCUT2D eigenvalue weighted by Gasteiger charge is -2.36. The minimum Gasteiger partial charge on any atom is -0.341 e. The van der Waals surface area contributed by atoms with Crippen LogP contribution >= 0.6 is 0 Å². The summed E-state index contributed by atoms with van der Waals surface area (Å²) in [6.07, 6.45) is -0.354. The van der Waals surface area contributed by atoms with E-state index in [0.717, 1.165) is 16.7 Å². The molecule has 0 saturated carbocycles. The second-order valence-electron chi connectivity index (χ2n) is 13.2. The number of amides is 4. The Hall–Kier alpha value is -4.97. The van der Waals surface area contributed by atoms with E-state index in [1.165, 1.54) is 9.80 Å². The quantitative estimate of drug-likeness (QED) is 0.366. The van der Waals surface area contributed by atoms with Crippen molar-refractivity contribution in [1.29, 1.82) is 0 Å². The Morgan fingerprint density at radius 2 is 1.69 bits per heavy atom. The van der Waals surface area contributed by atoms with Crippen molar-refractivity contribution >= 4 is 29.3 Å². The molecule has 0 radical (unpaired) electrons. The van der Waals surface area contributed by atoms with Gasteiger partial charge >= 0.3 is 6.17 Å². The average molecular weight is 606 g/mol. The van der Waals surface area contributed by atoms with Gasteiger partial charge in [-0.3, -0.25) is 28.9 Å². The molecule has 2 N–H and O–H groups in total. The molecule has 1 spiro atoms. The van der Waals surface area contributed by atoms with Gasteiger partial charge < -0.3 is 15.5 Å². The first-order valence-corrected chi connectivity index (χ1v) is 15.2. The summed E-state index contributed by atoms with van der Waals surface area (Å²) in [5.41, 5.74) is 2.16. The topological polar surface area (TPSA) is 103 Å². The van der Waals surface area contributed by atoms with Gasteiger partial charge in [-0.25, -0.2) is 6.57 Å². The molecule has 3 aromatic carbocycles. The summed E-state index contributed by atoms with van der Waals surface area (Å²) in [5.74, 6) is -1.44. The van der Waals surface area contributed by atoms with Crippen molar-refractivity contribution in [2.45, 2.75) is 64.2 Å². The molecule has 0 bridgehead atoms. The Morgan fingerprint density at radius 1 is 1.04 bits per heavy atom. The van der Waals surface area contributed by atoms with Crippen molar-refractivity contribution in [3.63, 3.8) is 0 Å². The zero-order chi connectivity index (χ0) is 32.5. The lowest BCUT2D eigenvalue weighted by molar-refractivity contribution is -0.146. The second kappa shape index (κ2) is 12.2. The number of carbonyl (C=O) groups excluding carboxylic acids is 4. The molecular weight excluding hydrogens is 566 g/mol. The highest BCUT2D eigenvalue weighted by atomic mass is 16.2. The number of para-hydroxylation sites is 1. The van der Waals surface area contributed by atoms with Gasteiger partial charge in [0.25, 0.3) is 11.8 Å². The van der Waals surface area contributed by atoms with Crippen molar-refractivity contribution < 1.29 is 19.2 Å². The third-order valence-corrected chi connectivity index (χ3v) is 8.77. The summed E-state index contributed by atoms with van der Waals surface area (Å²) in [4.78, 5) is 61.5. The van der Waals surface area contributed by atoms with Gasteiger partial charge in [-0.05, 0) is 47.6 Å². The third-order valence-electron chi connectivity index (χ3n) is 8.77. The minimum absolute atomic E-state index is 0.0486. The summed E-state index contributed by atoms with van der Waals surface area (Å²) in [6.45, 7) is 15.5. The molecule has 0 aromatic heterocycles. The van der Waals surface area contributed by atoms with Crippen LogP contribution < -0.4 is 10.6 Å². The van der Waals surface area contributed by atoms with E-state index in [9.17, 15) is 19.2 Å². The van der Waals surface area contributed by atoms with Gasteiger partial charge in [0.05, 0.1) is 6.42 Å². The predicted octanol–water partition coefficient (Wildman–Crippen LogP) is 5.10. The van der Waals surface area contributed by atoms with Crippen molar-refractivity contribution in [2.24, 2.45) is 5.41 Å². The van der Waals surface area contributed by atoms with E-state index in [1.807, 2.05) is 87.5 Å². The molecule has 4 amide bonds. The molecule has 2 aliphatic heterocycles. The Bertz CT molecular complexity index is 1670. The van der Waals surface area contributed by atoms with E-state index in [-0.39, 0.29) is 30.2 Å². The second-order valence-corrected chi connectivity index (χ2v) is 13.2. The van der Waals surface area contributed by atoms with Crippen molar-refractivity contribution in [1.82, 2.24) is 15.1 Å². The summed E-state index contributed by atoms with van der Waals surface area (Å²) < 4.78 is 0. The van der Waals surface area contributed by atoms with Gasteiger partial charge in [0.2, 0.25) is 11.8 Å². The molecule has 9 heteroatoms. The number of carbonyl (C=O) groups is 4. The summed E-state index contributed by atoms with van der Waals surface area (Å²) in [6, 6.07) is 22.3. The number of rotatable bonds is 7. The van der Waals surface area contributed by atoms with E-state index in [0.29, 0.717) is 17.7 Å². The maximum Gasteiger partial charge on any atom is 0.302 e. The monoisotopic (exact) mass is 605 g/mol. The van der Waals surface area contributed by atoms with E-state index >= 15 is 0 Å². The zero-order valence-electron chi connectivity index (χ0n) is 26.3. The number of hydrogen-bond acceptors (Lipinski definition) is 4. The van der Waals surface area contributed by atoms with Crippen LogP contribution in [0, 0.1) is 12.0 Å². The Morgan fingerprint density at radius 3 is 2.38 bits per heavy atom. The van der Waals surface area contributed by atoms with E-state index in [2.05, 4.69) is 15.5 Å². The molecular formula is C36H39N5O4. The van der Waals surface area contributed by atoms with Crippen LogP contribution in [0.3, 0.4) is 0 Å². The van der Waals surface area contributed by atoms with E-state index < -0.39 is 35.5 Å². The van der Waals surface area contributed by atoms with Crippen molar-refractivity contribution in [3.8, 4) is 11.1 Å². The van der Waals surface area contributed by atoms with Crippen molar-refractivity contribution in [3.05, 3.63) is 101 Å². The zero-order valence-corrected chi connectivity index (χ0v) is 26.3. The van der Waals surface area contributed by atoms with Crippen LogP contribution in [0.5, 0.6) is 0 Å². The minimum atomic E-state index is -1.02. The maximum atomic E-state index is 14.3. The summed E-state index contributed by atoms with van der Waals surface area (Å²) >= 11 is 0. The van der Waals surface area contributed by atoms with Crippen LogP contribution in [-0.2, 0) is 19.8 Å². The largest absolute Gasteiger partial charge is 0.341 e. The van der Waals surface area contributed by atoms with Gasteiger partial charge in [-0.1, -0.05) is 87.5 Å². The molecule has 232 valence electrons. The first kappa shape index (κ1) is 31.5. The first-order valence-electron chi connectivity index (χ1n) is 15.2. The van der Waals surface area contributed by atoms with Gasteiger partial charge in [-0.15, -0.1) is 0 Å². The fraction of sp³-hybridized carbons (Fsp3) is 0.361. The molecule has 3 aromatic rings. The highest BCUT2D eigenvalue weighted by Crippen LogP contribution is 2.47. The molecule has 1 fully saturated rings. The first-order chi connectivity index (χ1) is 21.4. The number of nitrogens with one attached hydrogen (secondary N) is 2. The Balaban J connectivity index is 1.38. The van der Waals surface area contributed by atoms with Gasteiger partial charge in [0.1, 0.15) is 17.5 Å². The maximum absolute atomic E-state index is 14.3. The average Bonchev–Trinajstić information content (AvgIpc) is 3.56. The van der Waals surface area contributed by atoms with Gasteiger partial charge in [-0.2, -0.15) is 0 Å². The third kappa shape index (κ3) is 6.05. The molecule has 45 heavy (non-hydrogen) atoms. The summed E-state index contributed by atoms with van der Waals surface area (Å²) in [5, 5.41) is 5.75. The molecule has 4 atom stereocenters. The van der Waals surface area contributed by atoms with Gasteiger partial charge in [0, 0.05) is 24.8 Å². The predicted molar refractivity (Wildman–Crippen MR) is 173 cm³/mol. The molecule has 9 nitrogen and oxygen atoms in total. The van der Waals surface area contributed by atoms with Crippen LogP contribution in [0.1, 0.15) is 56.5 Å². The molecule has 2 aliphatic rings. The number of hydrogen-bond donors (Lipinski definition) is 2. The number of nitrogens with zero attached hydrogens (tertiary/aromatic N) is 3. The smallest absolute Gasteiger partial charge is 0.302 e. The van der Waals surface area contributed by atoms with Gasteiger partial charge in [0.15, 0.2) is 0 Å². The number of benzene rings is 3. The fourth-order valence-electron chi connectivity index (χ4n) is 6.46. The number of likely N-dealkylation sites (N-methyl/N-ethyl adjacent to an activating group) is 1. The highest BCUT2D eigenvalue weighted by Gasteiger charge is 2.59. The fourth-order valence-corrected chi connectivity index (χ4v) is 6.46. The molecule has 1 saturated heterocycles. The Labute approximate surface area is 264 Å². The van der Waals surface area contributed by atoms with Crippen LogP contribution in [-0.4, -0.2) is 65.3 Å². The lowest BCUT2D eigenvalue weighted by Crippen LogP contribution is -2.56. The lowest BCUT2D eigenvalue weighted by atomic mass is 9.80. The van der Waals surface area contributed by atoms with Crippen LogP contribution in [0.2, 0.25) is 0 Å². The standard InChI is InChI=1S/C36H39N5O4/c1-23(38-31(42)26-17-11-10-16-25(26)24-14-8-7-9-15-24)32(43)40(6)29(20-35(2,3)4)33(44)41-22-36(21-30(41)37-5)27-18-12-13-19-28(27)39-34(36)45/h7-19,23,29-30H,20-22H2,1-4,6H3,(H,38,42)(H,39,45)/t23-,29-,30-,36-/m0/s1. The van der Waals surface area contributed by atoms with E-state index in [4.69, 9.17) is 6.57 Å². The Kier molecular flexibility index (Phi) is 8.53. The van der Waals surface area contributed by atoms with Crippen molar-refractivity contribution in [2.75, 3.05) is 18.9 Å². The molecule has 5 rings (SSSR count). The molecule has 2 heterocycles. The van der Waals surface area contributed by atoms with Crippen LogP contribution in [0.4, 0.5) is 5.69 Å². The van der Waals surface area contributed by atoms with E-state index in [1.54, 1.807) is 26.1 Å². The summed E-state index contributed by atoms with van der Waals surface area (Å²) in [7, 11) is 1.56.